The molecule has 32 heavy (non-hydrogen) atoms. The van der Waals surface area contributed by atoms with Crippen LogP contribution in [-0.4, -0.2) is 40.5 Å². The molecular weight excluding hydrogens is 433 g/mol. The van der Waals surface area contributed by atoms with Crippen molar-refractivity contribution >= 4 is 26.8 Å². The van der Waals surface area contributed by atoms with Crippen molar-refractivity contribution in [2.45, 2.75) is 45.2 Å². The average Bonchev–Trinajstić information content (AvgIpc) is 3.01. The van der Waals surface area contributed by atoms with Crippen LogP contribution >= 0.6 is 0 Å². The molecule has 0 aliphatic carbocycles. The largest absolute Gasteiger partial charge is 0.347 e. The smallest absolute Gasteiger partial charge is 0.333 e. The second-order valence-electron chi connectivity index (χ2n) is 8.93. The average molecular weight is 460 g/mol. The number of hydrogen-bond donors (Lipinski definition) is 1. The lowest BCUT2D eigenvalue weighted by molar-refractivity contribution is 0.0900. The number of carbonyl (C=O) groups is 1. The van der Waals surface area contributed by atoms with Gasteiger partial charge in [0, 0.05) is 17.1 Å². The summed E-state index contributed by atoms with van der Waals surface area (Å²) in [6.45, 7) is 5.59. The Morgan fingerprint density at radius 2 is 1.78 bits per heavy atom. The summed E-state index contributed by atoms with van der Waals surface area (Å²) in [5.41, 5.74) is 0.995. The third-order valence-electron chi connectivity index (χ3n) is 6.06. The number of hydrogen-bond acceptors (Lipinski definition) is 4. The molecule has 1 aromatic heterocycles. The molecule has 0 saturated carbocycles. The third-order valence-corrected chi connectivity index (χ3v) is 7.72. The Hall–Kier alpha value is -2.94. The molecule has 1 amide bonds. The second-order valence-corrected chi connectivity index (χ2v) is 11.2. The predicted molar refractivity (Wildman–Crippen MR) is 122 cm³/mol. The van der Waals surface area contributed by atoms with Gasteiger partial charge in [-0.1, -0.05) is 6.07 Å². The number of benzene rings is 2. The predicted octanol–water partition coefficient (Wildman–Crippen LogP) is 3.21. The topological polar surface area (TPSA) is 90.2 Å². The number of amides is 1. The van der Waals surface area contributed by atoms with Crippen molar-refractivity contribution in [2.75, 3.05) is 11.5 Å². The maximum atomic E-state index is 13.8. The summed E-state index contributed by atoms with van der Waals surface area (Å²) < 4.78 is 40.3. The van der Waals surface area contributed by atoms with Crippen molar-refractivity contribution in [3.63, 3.8) is 0 Å². The molecule has 0 bridgehead atoms. The summed E-state index contributed by atoms with van der Waals surface area (Å²) in [4.78, 5) is 26.2. The minimum atomic E-state index is -3.05. The van der Waals surface area contributed by atoms with Crippen LogP contribution in [-0.2, 0) is 9.84 Å². The van der Waals surface area contributed by atoms with E-state index in [9.17, 15) is 22.4 Å². The standard InChI is InChI=1S/C23H26FN3O4S/c1-15(2)26-20-13-16(21(28)25-23(3)9-11-32(30,31)12-10-23)7-8-19(20)27(22(26)29)18-6-4-5-17(24)14-18/h4-8,13-15H,9-12H2,1-3H3,(H,25,28). The van der Waals surface area contributed by atoms with Gasteiger partial charge in [-0.3, -0.25) is 13.9 Å². The van der Waals surface area contributed by atoms with Crippen LogP contribution in [0.3, 0.4) is 0 Å². The fourth-order valence-corrected chi connectivity index (χ4v) is 5.91. The van der Waals surface area contributed by atoms with Crippen LogP contribution in [0.15, 0.2) is 47.3 Å². The summed E-state index contributed by atoms with van der Waals surface area (Å²) in [7, 11) is -3.05. The van der Waals surface area contributed by atoms with Crippen molar-refractivity contribution in [3.8, 4) is 5.69 Å². The Balaban J connectivity index is 1.75. The highest BCUT2D eigenvalue weighted by atomic mass is 32.2. The molecule has 1 saturated heterocycles. The second kappa shape index (κ2) is 7.88. The number of halogens is 1. The zero-order valence-electron chi connectivity index (χ0n) is 18.3. The molecular formula is C23H26FN3O4S. The lowest BCUT2D eigenvalue weighted by Crippen LogP contribution is -2.50. The maximum absolute atomic E-state index is 13.8. The first-order chi connectivity index (χ1) is 15.0. The minimum Gasteiger partial charge on any atom is -0.347 e. The highest BCUT2D eigenvalue weighted by Crippen LogP contribution is 2.26. The van der Waals surface area contributed by atoms with Crippen LogP contribution in [0, 0.1) is 5.82 Å². The van der Waals surface area contributed by atoms with Gasteiger partial charge in [0.2, 0.25) is 0 Å². The molecule has 1 fully saturated rings. The molecule has 7 nitrogen and oxygen atoms in total. The van der Waals surface area contributed by atoms with E-state index in [2.05, 4.69) is 5.32 Å². The van der Waals surface area contributed by atoms with E-state index in [1.165, 1.54) is 16.7 Å². The summed E-state index contributed by atoms with van der Waals surface area (Å²) in [5.74, 6) is -0.674. The lowest BCUT2D eigenvalue weighted by atomic mass is 9.94. The Morgan fingerprint density at radius 3 is 2.41 bits per heavy atom. The van der Waals surface area contributed by atoms with Gasteiger partial charge in [0.05, 0.1) is 28.2 Å². The number of carbonyl (C=O) groups excluding carboxylic acids is 1. The number of nitrogens with zero attached hydrogens (tertiary/aromatic N) is 2. The van der Waals surface area contributed by atoms with Gasteiger partial charge in [0.25, 0.3) is 5.91 Å². The molecule has 0 radical (unpaired) electrons. The molecule has 170 valence electrons. The van der Waals surface area contributed by atoms with Gasteiger partial charge in [-0.25, -0.2) is 17.6 Å². The number of imidazole rings is 1. The van der Waals surface area contributed by atoms with E-state index in [-0.39, 0.29) is 29.1 Å². The number of sulfone groups is 1. The fraction of sp³-hybridized carbons (Fsp3) is 0.391. The Labute approximate surface area is 185 Å². The van der Waals surface area contributed by atoms with E-state index >= 15 is 0 Å². The molecule has 0 atom stereocenters. The van der Waals surface area contributed by atoms with Crippen molar-refractivity contribution < 1.29 is 17.6 Å². The molecule has 4 rings (SSSR count). The first-order valence-corrected chi connectivity index (χ1v) is 12.4. The van der Waals surface area contributed by atoms with Crippen LogP contribution in [0.4, 0.5) is 4.39 Å². The Kier molecular flexibility index (Phi) is 5.48. The molecule has 2 heterocycles. The van der Waals surface area contributed by atoms with Gasteiger partial charge in [0.15, 0.2) is 0 Å². The normalized spacial score (nSPS) is 17.5. The summed E-state index contributed by atoms with van der Waals surface area (Å²) >= 11 is 0. The van der Waals surface area contributed by atoms with E-state index in [0.29, 0.717) is 35.1 Å². The first kappa shape index (κ1) is 22.3. The number of fused-ring (bicyclic) bond motifs is 1. The van der Waals surface area contributed by atoms with E-state index in [1.54, 1.807) is 34.9 Å². The molecule has 2 aromatic carbocycles. The Bertz CT molecular complexity index is 1360. The Morgan fingerprint density at radius 1 is 1.09 bits per heavy atom. The minimum absolute atomic E-state index is 0.0478. The van der Waals surface area contributed by atoms with Gasteiger partial charge >= 0.3 is 5.69 Å². The van der Waals surface area contributed by atoms with Crippen molar-refractivity contribution in [3.05, 3.63) is 64.3 Å². The van der Waals surface area contributed by atoms with Gasteiger partial charge in [-0.2, -0.15) is 0 Å². The van der Waals surface area contributed by atoms with Crippen LogP contribution < -0.4 is 11.0 Å². The third kappa shape index (κ3) is 4.09. The zero-order chi connectivity index (χ0) is 23.3. The maximum Gasteiger partial charge on any atom is 0.333 e. The molecule has 3 aromatic rings. The van der Waals surface area contributed by atoms with Gasteiger partial charge in [-0.15, -0.1) is 0 Å². The highest BCUT2D eigenvalue weighted by molar-refractivity contribution is 7.91. The monoisotopic (exact) mass is 459 g/mol. The summed E-state index contributed by atoms with van der Waals surface area (Å²) in [6, 6.07) is 10.6. The molecule has 9 heteroatoms. The zero-order valence-corrected chi connectivity index (χ0v) is 19.1. The van der Waals surface area contributed by atoms with E-state index in [0.717, 1.165) is 0 Å². The fourth-order valence-electron chi connectivity index (χ4n) is 4.18. The van der Waals surface area contributed by atoms with Crippen LogP contribution in [0.1, 0.15) is 50.0 Å². The SMILES string of the molecule is CC(C)n1c(=O)n(-c2cccc(F)c2)c2ccc(C(=O)NC3(C)CCS(=O)(=O)CC3)cc21. The quantitative estimate of drug-likeness (QED) is 0.649. The van der Waals surface area contributed by atoms with Gasteiger partial charge in [0.1, 0.15) is 15.7 Å². The van der Waals surface area contributed by atoms with E-state index in [1.807, 2.05) is 20.8 Å². The number of rotatable bonds is 4. The van der Waals surface area contributed by atoms with Crippen molar-refractivity contribution in [2.24, 2.45) is 0 Å². The van der Waals surface area contributed by atoms with Crippen LogP contribution in [0.2, 0.25) is 0 Å². The summed E-state index contributed by atoms with van der Waals surface area (Å²) in [6.07, 6.45) is 0.714. The van der Waals surface area contributed by atoms with E-state index < -0.39 is 21.2 Å². The van der Waals surface area contributed by atoms with Gasteiger partial charge < -0.3 is 5.32 Å². The highest BCUT2D eigenvalue weighted by Gasteiger charge is 2.34. The molecule has 1 aliphatic rings. The van der Waals surface area contributed by atoms with Gasteiger partial charge in [-0.05, 0) is 70.0 Å². The van der Waals surface area contributed by atoms with Crippen LogP contribution in [0.25, 0.3) is 16.7 Å². The number of aromatic nitrogens is 2. The van der Waals surface area contributed by atoms with Crippen LogP contribution in [0.5, 0.6) is 0 Å². The molecule has 1 aliphatic heterocycles. The van der Waals surface area contributed by atoms with E-state index in [4.69, 9.17) is 0 Å². The molecule has 0 unspecified atom stereocenters. The molecule has 1 N–H and O–H groups in total. The first-order valence-electron chi connectivity index (χ1n) is 10.6. The van der Waals surface area contributed by atoms with Crippen molar-refractivity contribution in [1.29, 1.82) is 0 Å². The van der Waals surface area contributed by atoms with Crippen molar-refractivity contribution in [1.82, 2.24) is 14.5 Å². The summed E-state index contributed by atoms with van der Waals surface area (Å²) in [5, 5.41) is 2.98. The lowest BCUT2D eigenvalue weighted by Gasteiger charge is -2.34. The number of nitrogens with one attached hydrogen (secondary N) is 1. The molecule has 0 spiro atoms.